The Labute approximate surface area is 171 Å². The molecule has 162 valence electrons. The zero-order chi connectivity index (χ0) is 21.1. The maximum atomic E-state index is 11.8. The summed E-state index contributed by atoms with van der Waals surface area (Å²) in [5, 5.41) is 18.8. The van der Waals surface area contributed by atoms with E-state index in [-0.39, 0.29) is 24.7 Å². The van der Waals surface area contributed by atoms with Gasteiger partial charge in [0.05, 0.1) is 6.10 Å². The van der Waals surface area contributed by atoms with Gasteiger partial charge in [0.15, 0.2) is 5.75 Å². The number of carbonyl (C=O) groups excluding carboxylic acids is 1. The third-order valence-corrected chi connectivity index (χ3v) is 5.20. The summed E-state index contributed by atoms with van der Waals surface area (Å²) in [7, 11) is 0. The van der Waals surface area contributed by atoms with Crippen LogP contribution in [0, 0.1) is 5.92 Å². The fraction of sp³-hybridized carbons (Fsp3) is 0.636. The topological polar surface area (TPSA) is 102 Å². The highest BCUT2D eigenvalue weighted by Crippen LogP contribution is 2.30. The third-order valence-electron chi connectivity index (χ3n) is 5.20. The number of carboxylic acids is 1. The lowest BCUT2D eigenvalue weighted by molar-refractivity contribution is -0.194. The molecule has 0 radical (unpaired) electrons. The summed E-state index contributed by atoms with van der Waals surface area (Å²) < 4.78 is 5.62. The molecule has 0 spiro atoms. The predicted octanol–water partition coefficient (Wildman–Crippen LogP) is 4.05. The number of hydrogen-bond donors (Lipinski definition) is 2. The van der Waals surface area contributed by atoms with Gasteiger partial charge in [0.2, 0.25) is 0 Å². The van der Waals surface area contributed by atoms with E-state index in [2.05, 4.69) is 0 Å². The lowest BCUT2D eigenvalue weighted by Crippen LogP contribution is -2.18. The van der Waals surface area contributed by atoms with Crippen molar-refractivity contribution in [2.45, 2.75) is 77.4 Å². The van der Waals surface area contributed by atoms with Crippen LogP contribution in [-0.2, 0) is 21.1 Å². The molecule has 1 heterocycles. The van der Waals surface area contributed by atoms with Crippen LogP contribution in [-0.4, -0.2) is 34.7 Å². The largest absolute Gasteiger partial charge is 0.491 e. The van der Waals surface area contributed by atoms with Crippen LogP contribution in [0.1, 0.15) is 70.3 Å². The van der Waals surface area contributed by atoms with Crippen LogP contribution in [0.2, 0.25) is 0 Å². The number of carbonyl (C=O) groups is 2. The van der Waals surface area contributed by atoms with E-state index in [0.717, 1.165) is 44.1 Å². The van der Waals surface area contributed by atoms with E-state index in [4.69, 9.17) is 19.6 Å². The molecule has 7 heteroatoms. The molecule has 2 N–H and O–H groups in total. The number of benzene rings is 1. The molecule has 1 aromatic rings. The number of ketones is 1. The average molecular weight is 408 g/mol. The number of unbranched alkanes of at least 4 members (excludes halogenated alkanes) is 3. The second kappa shape index (κ2) is 12.4. The van der Waals surface area contributed by atoms with Gasteiger partial charge in [0.1, 0.15) is 24.7 Å². The van der Waals surface area contributed by atoms with Crippen molar-refractivity contribution in [1.29, 1.82) is 0 Å². The molecule has 1 aromatic carbocycles. The van der Waals surface area contributed by atoms with Gasteiger partial charge in [-0.3, -0.25) is 9.59 Å². The van der Waals surface area contributed by atoms with Gasteiger partial charge in [-0.25, -0.2) is 0 Å². The second-order valence-electron chi connectivity index (χ2n) is 7.66. The molecule has 0 saturated carbocycles. The highest BCUT2D eigenvalue weighted by Gasteiger charge is 2.17. The molecular formula is C22H32O7. The standard InChI is InChI=1S/C22H32O7/c1-16(23)17(7-4-2-3-5-10-22(25)26)8-6-9-19(24)15-27-20-12-11-18-14-28-29-21(18)13-20/h11-13,17,19,24H,2-10,14-15H2,1H3,(H,25,26). The van der Waals surface area contributed by atoms with Crippen molar-refractivity contribution in [1.82, 2.24) is 0 Å². The number of rotatable bonds is 15. The Morgan fingerprint density at radius 3 is 2.62 bits per heavy atom. The van der Waals surface area contributed by atoms with Crippen LogP contribution >= 0.6 is 0 Å². The SMILES string of the molecule is CC(=O)C(CCCCCCC(=O)O)CCCC(O)COc1ccc2c(c1)OOC2. The Morgan fingerprint density at radius 2 is 1.86 bits per heavy atom. The highest BCUT2D eigenvalue weighted by atomic mass is 17.2. The van der Waals surface area contributed by atoms with Crippen molar-refractivity contribution >= 4 is 11.8 Å². The van der Waals surface area contributed by atoms with E-state index in [0.29, 0.717) is 30.9 Å². The van der Waals surface area contributed by atoms with Gasteiger partial charge in [-0.15, -0.1) is 0 Å². The maximum Gasteiger partial charge on any atom is 0.303 e. The predicted molar refractivity (Wildman–Crippen MR) is 107 cm³/mol. The fourth-order valence-corrected chi connectivity index (χ4v) is 3.42. The first-order valence-corrected chi connectivity index (χ1v) is 10.4. The number of aliphatic hydroxyl groups is 1. The zero-order valence-corrected chi connectivity index (χ0v) is 17.1. The van der Waals surface area contributed by atoms with Crippen molar-refractivity contribution in [2.75, 3.05) is 6.61 Å². The zero-order valence-electron chi connectivity index (χ0n) is 17.1. The fourth-order valence-electron chi connectivity index (χ4n) is 3.42. The van der Waals surface area contributed by atoms with Gasteiger partial charge >= 0.3 is 5.97 Å². The van der Waals surface area contributed by atoms with Crippen molar-refractivity contribution in [3.8, 4) is 11.5 Å². The van der Waals surface area contributed by atoms with Gasteiger partial charge in [0.25, 0.3) is 0 Å². The Balaban J connectivity index is 1.59. The lowest BCUT2D eigenvalue weighted by atomic mass is 9.91. The van der Waals surface area contributed by atoms with E-state index >= 15 is 0 Å². The average Bonchev–Trinajstić information content (AvgIpc) is 3.15. The Hall–Kier alpha value is -2.12. The van der Waals surface area contributed by atoms with Crippen molar-refractivity contribution in [3.63, 3.8) is 0 Å². The van der Waals surface area contributed by atoms with Gasteiger partial charge < -0.3 is 19.8 Å². The van der Waals surface area contributed by atoms with Gasteiger partial charge in [-0.2, -0.15) is 4.89 Å². The summed E-state index contributed by atoms with van der Waals surface area (Å²) in [6, 6.07) is 5.45. The summed E-state index contributed by atoms with van der Waals surface area (Å²) in [6.07, 6.45) is 5.98. The molecule has 7 nitrogen and oxygen atoms in total. The smallest absolute Gasteiger partial charge is 0.303 e. The Kier molecular flexibility index (Phi) is 9.94. The summed E-state index contributed by atoms with van der Waals surface area (Å²) in [5.74, 6) is 0.702. The minimum atomic E-state index is -0.757. The molecule has 0 aliphatic carbocycles. The van der Waals surface area contributed by atoms with Gasteiger partial charge in [-0.1, -0.05) is 25.7 Å². The molecule has 0 saturated heterocycles. The first kappa shape index (κ1) is 23.2. The first-order valence-electron chi connectivity index (χ1n) is 10.4. The minimum Gasteiger partial charge on any atom is -0.491 e. The molecule has 0 fully saturated rings. The van der Waals surface area contributed by atoms with Crippen LogP contribution in [0.3, 0.4) is 0 Å². The van der Waals surface area contributed by atoms with E-state index in [1.165, 1.54) is 0 Å². The monoisotopic (exact) mass is 408 g/mol. The van der Waals surface area contributed by atoms with Crippen LogP contribution in [0.4, 0.5) is 0 Å². The third kappa shape index (κ3) is 8.83. The maximum absolute atomic E-state index is 11.8. The van der Waals surface area contributed by atoms with Crippen molar-refractivity contribution < 1.29 is 34.3 Å². The van der Waals surface area contributed by atoms with E-state index < -0.39 is 12.1 Å². The molecule has 2 atom stereocenters. The number of aliphatic hydroxyl groups excluding tert-OH is 1. The van der Waals surface area contributed by atoms with Crippen LogP contribution in [0.25, 0.3) is 0 Å². The molecular weight excluding hydrogens is 376 g/mol. The summed E-state index contributed by atoms with van der Waals surface area (Å²) in [4.78, 5) is 32.2. The molecule has 0 bridgehead atoms. The van der Waals surface area contributed by atoms with Gasteiger partial charge in [-0.05, 0) is 44.7 Å². The molecule has 1 aliphatic rings. The number of hydrogen-bond acceptors (Lipinski definition) is 6. The molecule has 0 aromatic heterocycles. The number of Topliss-reactive ketones (excluding diaryl/α,β-unsaturated/α-hetero) is 1. The van der Waals surface area contributed by atoms with E-state index in [9.17, 15) is 14.7 Å². The quantitative estimate of drug-likeness (QED) is 0.333. The number of aliphatic carboxylic acids is 1. The van der Waals surface area contributed by atoms with Crippen LogP contribution in [0.5, 0.6) is 11.5 Å². The Morgan fingerprint density at radius 1 is 1.10 bits per heavy atom. The summed E-state index contributed by atoms with van der Waals surface area (Å²) >= 11 is 0. The van der Waals surface area contributed by atoms with Gasteiger partial charge in [0, 0.05) is 24.0 Å². The second-order valence-corrected chi connectivity index (χ2v) is 7.66. The van der Waals surface area contributed by atoms with E-state index in [1.54, 1.807) is 13.0 Å². The number of carboxylic acid groups (broad SMARTS) is 1. The normalized spacial score (nSPS) is 14.7. The number of ether oxygens (including phenoxy) is 1. The first-order chi connectivity index (χ1) is 14.0. The Bertz CT molecular complexity index is 659. The summed E-state index contributed by atoms with van der Waals surface area (Å²) in [6.45, 7) is 2.24. The molecule has 1 aliphatic heterocycles. The molecule has 2 unspecified atom stereocenters. The van der Waals surface area contributed by atoms with E-state index in [1.807, 2.05) is 12.1 Å². The van der Waals surface area contributed by atoms with Crippen molar-refractivity contribution in [3.05, 3.63) is 23.8 Å². The minimum absolute atomic E-state index is 0.0106. The lowest BCUT2D eigenvalue weighted by Gasteiger charge is -2.16. The highest BCUT2D eigenvalue weighted by molar-refractivity contribution is 5.78. The van der Waals surface area contributed by atoms with Crippen molar-refractivity contribution in [2.24, 2.45) is 5.92 Å². The summed E-state index contributed by atoms with van der Waals surface area (Å²) in [5.41, 5.74) is 0.968. The molecule has 29 heavy (non-hydrogen) atoms. The number of fused-ring (bicyclic) bond motifs is 1. The molecule has 2 rings (SSSR count). The molecule has 0 amide bonds. The van der Waals surface area contributed by atoms with Crippen LogP contribution < -0.4 is 9.62 Å². The van der Waals surface area contributed by atoms with Crippen LogP contribution in [0.15, 0.2) is 18.2 Å².